The van der Waals surface area contributed by atoms with Gasteiger partial charge in [-0.05, 0) is 37.1 Å². The van der Waals surface area contributed by atoms with Crippen LogP contribution < -0.4 is 21.9 Å². The molecule has 208 valence electrons. The molecule has 1 aliphatic rings. The van der Waals surface area contributed by atoms with Gasteiger partial charge >= 0.3 is 0 Å². The molecule has 0 saturated carbocycles. The molecule has 0 radical (unpaired) electrons. The number of amides is 2. The first kappa shape index (κ1) is 26.6. The number of nitrogens with two attached hydrogens (primary N) is 1. The van der Waals surface area contributed by atoms with E-state index in [1.54, 1.807) is 24.5 Å². The number of nitrogens with one attached hydrogen (secondary N) is 2. The number of nitrogen functional groups attached to an aromatic ring is 1. The third-order valence-corrected chi connectivity index (χ3v) is 8.26. The minimum absolute atomic E-state index is 0.0275. The first-order valence-corrected chi connectivity index (χ1v) is 13.8. The molecule has 2 amide bonds. The Labute approximate surface area is 241 Å². The van der Waals surface area contributed by atoms with E-state index in [9.17, 15) is 14.4 Å². The summed E-state index contributed by atoms with van der Waals surface area (Å²) in [5, 5.41) is 10.3. The monoisotopic (exact) mass is 590 g/mol. The smallest absolute Gasteiger partial charge is 0.295 e. The third-order valence-electron chi connectivity index (χ3n) is 6.89. The van der Waals surface area contributed by atoms with Crippen molar-refractivity contribution < 1.29 is 14.1 Å². The van der Waals surface area contributed by atoms with Crippen LogP contribution in [0.25, 0.3) is 21.5 Å². The number of rotatable bonds is 6. The minimum atomic E-state index is -0.834. The van der Waals surface area contributed by atoms with Gasteiger partial charge in [-0.3, -0.25) is 29.3 Å². The molecule has 14 heteroatoms. The second-order valence-electron chi connectivity index (χ2n) is 9.74. The van der Waals surface area contributed by atoms with Crippen molar-refractivity contribution in [2.24, 2.45) is 0 Å². The highest BCUT2D eigenvalue weighted by Crippen LogP contribution is 2.38. The van der Waals surface area contributed by atoms with Crippen LogP contribution in [0.4, 0.5) is 11.6 Å². The molecular formula is C27H23ClN8O4S. The number of pyridine rings is 2. The van der Waals surface area contributed by atoms with E-state index >= 15 is 0 Å². The number of nitrogens with zero attached hydrogens (tertiary/aromatic N) is 5. The Hall–Kier alpha value is -4.62. The molecule has 2 atom stereocenters. The SMILES string of the molecule is Cc1cccnc1-c1cc(C(=O)Nc2nc(Cl)c3n(c2=O)[C@H](C(=O)NCc2cc4cnc(N)cc4s2)C[C@H]3C)on1. The largest absolute Gasteiger partial charge is 0.384 e. The van der Waals surface area contributed by atoms with Crippen molar-refractivity contribution in [3.63, 3.8) is 0 Å². The molecule has 0 spiro atoms. The molecule has 0 saturated heterocycles. The predicted octanol–water partition coefficient (Wildman–Crippen LogP) is 4.06. The minimum Gasteiger partial charge on any atom is -0.384 e. The zero-order valence-corrected chi connectivity index (χ0v) is 23.4. The van der Waals surface area contributed by atoms with Gasteiger partial charge < -0.3 is 15.6 Å². The van der Waals surface area contributed by atoms with Crippen molar-refractivity contribution in [2.75, 3.05) is 11.1 Å². The Morgan fingerprint density at radius 2 is 2.10 bits per heavy atom. The van der Waals surface area contributed by atoms with Gasteiger partial charge in [-0.2, -0.15) is 0 Å². The van der Waals surface area contributed by atoms with Gasteiger partial charge in [0.15, 0.2) is 5.15 Å². The molecule has 0 fully saturated rings. The zero-order valence-electron chi connectivity index (χ0n) is 21.8. The van der Waals surface area contributed by atoms with Gasteiger partial charge in [-0.15, -0.1) is 11.3 Å². The first-order chi connectivity index (χ1) is 19.7. The lowest BCUT2D eigenvalue weighted by molar-refractivity contribution is -0.124. The number of hydrogen-bond donors (Lipinski definition) is 3. The summed E-state index contributed by atoms with van der Waals surface area (Å²) >= 11 is 7.96. The van der Waals surface area contributed by atoms with E-state index in [2.05, 4.69) is 30.7 Å². The molecule has 4 N–H and O–H groups in total. The summed E-state index contributed by atoms with van der Waals surface area (Å²) in [4.78, 5) is 53.2. The number of fused-ring (bicyclic) bond motifs is 2. The maximum Gasteiger partial charge on any atom is 0.295 e. The van der Waals surface area contributed by atoms with Crippen molar-refractivity contribution >= 4 is 56.5 Å². The molecule has 41 heavy (non-hydrogen) atoms. The van der Waals surface area contributed by atoms with Crippen LogP contribution in [0.5, 0.6) is 0 Å². The lowest BCUT2D eigenvalue weighted by atomic mass is 10.0. The summed E-state index contributed by atoms with van der Waals surface area (Å²) in [6.07, 6.45) is 3.64. The second-order valence-corrected chi connectivity index (χ2v) is 11.3. The van der Waals surface area contributed by atoms with Crippen LogP contribution in [0.2, 0.25) is 5.15 Å². The number of hydrogen-bond acceptors (Lipinski definition) is 10. The quantitative estimate of drug-likeness (QED) is 0.264. The molecule has 5 aromatic rings. The normalized spacial score (nSPS) is 16.1. The Morgan fingerprint density at radius 3 is 2.90 bits per heavy atom. The molecule has 12 nitrogen and oxygen atoms in total. The van der Waals surface area contributed by atoms with Gasteiger partial charge in [0.2, 0.25) is 17.5 Å². The molecule has 0 aromatic carbocycles. The van der Waals surface area contributed by atoms with Crippen molar-refractivity contribution in [3.8, 4) is 11.4 Å². The van der Waals surface area contributed by atoms with Crippen LogP contribution in [0.15, 0.2) is 52.0 Å². The van der Waals surface area contributed by atoms with Crippen molar-refractivity contribution in [1.29, 1.82) is 0 Å². The van der Waals surface area contributed by atoms with Crippen LogP contribution >= 0.6 is 22.9 Å². The summed E-state index contributed by atoms with van der Waals surface area (Å²) < 4.78 is 7.48. The Balaban J connectivity index is 1.23. The fourth-order valence-corrected chi connectivity index (χ4v) is 6.32. The second kappa shape index (κ2) is 10.4. The molecule has 0 bridgehead atoms. The van der Waals surface area contributed by atoms with Gasteiger partial charge in [0, 0.05) is 39.3 Å². The maximum atomic E-state index is 13.5. The van der Waals surface area contributed by atoms with Crippen LogP contribution in [0.3, 0.4) is 0 Å². The van der Waals surface area contributed by atoms with Crippen LogP contribution in [0.1, 0.15) is 52.0 Å². The zero-order chi connectivity index (χ0) is 28.8. The Morgan fingerprint density at radius 1 is 1.27 bits per heavy atom. The van der Waals surface area contributed by atoms with Crippen molar-refractivity contribution in [2.45, 2.75) is 38.8 Å². The molecule has 0 unspecified atom stereocenters. The first-order valence-electron chi connectivity index (χ1n) is 12.6. The Kier molecular flexibility index (Phi) is 6.75. The summed E-state index contributed by atoms with van der Waals surface area (Å²) in [7, 11) is 0. The van der Waals surface area contributed by atoms with E-state index in [1.807, 2.05) is 26.0 Å². The lowest BCUT2D eigenvalue weighted by Crippen LogP contribution is -2.37. The summed E-state index contributed by atoms with van der Waals surface area (Å²) in [6, 6.07) is 7.95. The van der Waals surface area contributed by atoms with E-state index in [1.165, 1.54) is 22.0 Å². The molecule has 5 aromatic heterocycles. The van der Waals surface area contributed by atoms with E-state index in [0.29, 0.717) is 29.3 Å². The van der Waals surface area contributed by atoms with Gasteiger partial charge in [0.05, 0.1) is 17.9 Å². The third kappa shape index (κ3) is 4.93. The summed E-state index contributed by atoms with van der Waals surface area (Å²) in [5.74, 6) is -1.34. The number of halogens is 1. The number of anilines is 2. The Bertz CT molecular complexity index is 1900. The average Bonchev–Trinajstić information content (AvgIpc) is 3.67. The number of carbonyl (C=O) groups is 2. The predicted molar refractivity (Wildman–Crippen MR) is 154 cm³/mol. The van der Waals surface area contributed by atoms with Crippen molar-refractivity contribution in [3.05, 3.63) is 80.1 Å². The topological polar surface area (TPSA) is 171 Å². The van der Waals surface area contributed by atoms with E-state index < -0.39 is 17.5 Å². The number of carbonyl (C=O) groups excluding carboxylic acids is 2. The number of aryl methyl sites for hydroxylation is 1. The highest BCUT2D eigenvalue weighted by atomic mass is 35.5. The molecule has 1 aliphatic heterocycles. The highest BCUT2D eigenvalue weighted by Gasteiger charge is 2.37. The fourth-order valence-electron chi connectivity index (χ4n) is 4.93. The van der Waals surface area contributed by atoms with Crippen LogP contribution in [0, 0.1) is 6.92 Å². The highest BCUT2D eigenvalue weighted by molar-refractivity contribution is 7.19. The fraction of sp³-hybridized carbons (Fsp3) is 0.222. The molecule has 0 aliphatic carbocycles. The van der Waals surface area contributed by atoms with Crippen molar-refractivity contribution in [1.82, 2.24) is 30.0 Å². The van der Waals surface area contributed by atoms with Gasteiger partial charge in [-0.25, -0.2) is 9.97 Å². The van der Waals surface area contributed by atoms with E-state index in [0.717, 1.165) is 20.5 Å². The summed E-state index contributed by atoms with van der Waals surface area (Å²) in [5.41, 5.74) is 7.34. The lowest BCUT2D eigenvalue weighted by Gasteiger charge is -2.16. The van der Waals surface area contributed by atoms with Gasteiger partial charge in [0.25, 0.3) is 11.5 Å². The maximum absolute atomic E-state index is 13.5. The standard InChI is InChI=1S/C27H23ClN8O4S/c1-12-4-3-5-30-21(12)16-8-18(40-35-16)26(38)34-24-27(39)36-17(6-13(2)22(36)23(28)33-24)25(37)32-11-15-7-14-10-31-20(29)9-19(14)41-15/h3-5,7-10,13,17H,6,11H2,1-2H3,(H2,29,31)(H,32,37)(H,33,34,38)/t13-,17+/m1/s1. The average molecular weight is 591 g/mol. The van der Waals surface area contributed by atoms with E-state index in [4.69, 9.17) is 21.9 Å². The van der Waals surface area contributed by atoms with Gasteiger partial charge in [-0.1, -0.05) is 29.7 Å². The number of thiophene rings is 1. The van der Waals surface area contributed by atoms with Gasteiger partial charge in [0.1, 0.15) is 17.6 Å². The molecular weight excluding hydrogens is 568 g/mol. The molecule has 6 heterocycles. The molecule has 6 rings (SSSR count). The summed E-state index contributed by atoms with van der Waals surface area (Å²) in [6.45, 7) is 3.99. The number of aromatic nitrogens is 5. The van der Waals surface area contributed by atoms with Crippen LogP contribution in [-0.2, 0) is 11.3 Å². The van der Waals surface area contributed by atoms with Crippen LogP contribution in [-0.4, -0.2) is 36.5 Å². The van der Waals surface area contributed by atoms with E-state index in [-0.39, 0.29) is 35.1 Å².